The van der Waals surface area contributed by atoms with Gasteiger partial charge < -0.3 is 15.0 Å². The highest BCUT2D eigenvalue weighted by atomic mass is 16.5. The van der Waals surface area contributed by atoms with Gasteiger partial charge in [0.15, 0.2) is 0 Å². The molecule has 0 saturated carbocycles. The second kappa shape index (κ2) is 5.25. The summed E-state index contributed by atoms with van der Waals surface area (Å²) in [6.45, 7) is 8.10. The summed E-state index contributed by atoms with van der Waals surface area (Å²) >= 11 is 0. The maximum Gasteiger partial charge on any atom is 0.244 e. The number of aromatic nitrogens is 2. The zero-order chi connectivity index (χ0) is 14.9. The molecule has 0 radical (unpaired) electrons. The molecule has 0 spiro atoms. The number of hydrogen-bond acceptors (Lipinski definition) is 5. The Balaban J connectivity index is 2.31. The summed E-state index contributed by atoms with van der Waals surface area (Å²) in [5.74, 6) is 1.84. The van der Waals surface area contributed by atoms with Gasteiger partial charge >= 0.3 is 0 Å². The summed E-state index contributed by atoms with van der Waals surface area (Å²) in [6, 6.07) is 5.48. The van der Waals surface area contributed by atoms with Crippen molar-refractivity contribution < 1.29 is 9.26 Å². The minimum Gasteiger partial charge on any atom is -0.496 e. The maximum atomic E-state index is 6.12. The molecule has 0 aliphatic carbocycles. The van der Waals surface area contributed by atoms with Crippen LogP contribution in [-0.2, 0) is 0 Å². The quantitative estimate of drug-likeness (QED) is 0.931. The fourth-order valence-electron chi connectivity index (χ4n) is 1.87. The molecule has 5 heteroatoms. The van der Waals surface area contributed by atoms with Crippen LogP contribution in [0.1, 0.15) is 38.3 Å². The van der Waals surface area contributed by atoms with Gasteiger partial charge in [-0.2, -0.15) is 4.98 Å². The van der Waals surface area contributed by atoms with Crippen molar-refractivity contribution in [3.63, 3.8) is 0 Å². The van der Waals surface area contributed by atoms with Crippen LogP contribution in [0.2, 0.25) is 0 Å². The van der Waals surface area contributed by atoms with Gasteiger partial charge in [0.05, 0.1) is 13.2 Å². The smallest absolute Gasteiger partial charge is 0.244 e. The minimum atomic E-state index is -0.289. The predicted molar refractivity (Wildman–Crippen MR) is 77.4 cm³/mol. The van der Waals surface area contributed by atoms with Crippen LogP contribution in [-0.4, -0.2) is 17.3 Å². The lowest BCUT2D eigenvalue weighted by atomic mass is 9.87. The number of rotatable bonds is 3. The fraction of sp³-hybridized carbons (Fsp3) is 0.467. The van der Waals surface area contributed by atoms with E-state index in [1.807, 2.05) is 45.9 Å². The van der Waals surface area contributed by atoms with Gasteiger partial charge in [0, 0.05) is 5.56 Å². The summed E-state index contributed by atoms with van der Waals surface area (Å²) in [5.41, 5.74) is 7.91. The second-order valence-corrected chi connectivity index (χ2v) is 5.98. The van der Waals surface area contributed by atoms with Gasteiger partial charge in [-0.3, -0.25) is 0 Å². The van der Waals surface area contributed by atoms with Crippen LogP contribution in [0.15, 0.2) is 22.7 Å². The van der Waals surface area contributed by atoms with E-state index < -0.39 is 0 Å². The number of benzene rings is 1. The number of aryl methyl sites for hydroxylation is 1. The Hall–Kier alpha value is -1.88. The molecule has 5 nitrogen and oxygen atoms in total. The van der Waals surface area contributed by atoms with Gasteiger partial charge in [0.25, 0.3) is 0 Å². The van der Waals surface area contributed by atoms with Gasteiger partial charge in [-0.1, -0.05) is 25.9 Å². The van der Waals surface area contributed by atoms with E-state index >= 15 is 0 Å². The van der Waals surface area contributed by atoms with Crippen molar-refractivity contribution in [1.82, 2.24) is 10.1 Å². The van der Waals surface area contributed by atoms with Crippen molar-refractivity contribution >= 4 is 0 Å². The van der Waals surface area contributed by atoms with Crippen LogP contribution >= 0.6 is 0 Å². The zero-order valence-corrected chi connectivity index (χ0v) is 12.6. The lowest BCUT2D eigenvalue weighted by Crippen LogP contribution is -2.26. The molecule has 0 saturated heterocycles. The van der Waals surface area contributed by atoms with E-state index in [9.17, 15) is 0 Å². The monoisotopic (exact) mass is 275 g/mol. The summed E-state index contributed by atoms with van der Waals surface area (Å²) in [7, 11) is 1.65. The molecule has 0 bridgehead atoms. The number of nitrogens with two attached hydrogens (primary N) is 1. The van der Waals surface area contributed by atoms with E-state index in [2.05, 4.69) is 10.1 Å². The standard InChI is InChI=1S/C15H21N3O2/c1-9-8-10(6-7-11(9)19-5)13-17-14(20-18-13)12(16)15(2,3)4/h6-8,12H,16H2,1-5H3/t12-/m0/s1. The van der Waals surface area contributed by atoms with Crippen LogP contribution in [0.3, 0.4) is 0 Å². The largest absolute Gasteiger partial charge is 0.496 e. The molecule has 20 heavy (non-hydrogen) atoms. The van der Waals surface area contributed by atoms with Crippen molar-refractivity contribution in [3.05, 3.63) is 29.7 Å². The molecule has 0 aliphatic rings. The lowest BCUT2D eigenvalue weighted by molar-refractivity contribution is 0.253. The second-order valence-electron chi connectivity index (χ2n) is 5.98. The van der Waals surface area contributed by atoms with Crippen molar-refractivity contribution in [2.24, 2.45) is 11.1 Å². The van der Waals surface area contributed by atoms with E-state index in [1.165, 1.54) is 0 Å². The number of hydrogen-bond donors (Lipinski definition) is 1. The first-order valence-electron chi connectivity index (χ1n) is 6.57. The third kappa shape index (κ3) is 2.82. The van der Waals surface area contributed by atoms with Gasteiger partial charge in [-0.05, 0) is 36.1 Å². The van der Waals surface area contributed by atoms with E-state index in [4.69, 9.17) is 15.0 Å². The molecule has 0 amide bonds. The Morgan fingerprint density at radius 2 is 2.00 bits per heavy atom. The normalized spacial score (nSPS) is 13.3. The molecule has 0 aliphatic heterocycles. The zero-order valence-electron chi connectivity index (χ0n) is 12.6. The lowest BCUT2D eigenvalue weighted by Gasteiger charge is -2.23. The third-order valence-electron chi connectivity index (χ3n) is 3.29. The Bertz CT molecular complexity index is 599. The minimum absolute atomic E-state index is 0.125. The molecular formula is C15H21N3O2. The van der Waals surface area contributed by atoms with Gasteiger partial charge in [0.2, 0.25) is 11.7 Å². The molecule has 1 aromatic heterocycles. The predicted octanol–water partition coefficient (Wildman–Crippen LogP) is 3.10. The Labute approximate surface area is 119 Å². The van der Waals surface area contributed by atoms with E-state index in [0.717, 1.165) is 16.9 Å². The van der Waals surface area contributed by atoms with Crippen LogP contribution in [0.25, 0.3) is 11.4 Å². The van der Waals surface area contributed by atoms with Gasteiger partial charge in [-0.25, -0.2) is 0 Å². The highest BCUT2D eigenvalue weighted by molar-refractivity contribution is 5.58. The fourth-order valence-corrected chi connectivity index (χ4v) is 1.87. The molecule has 108 valence electrons. The molecule has 0 unspecified atom stereocenters. The Kier molecular flexibility index (Phi) is 3.81. The van der Waals surface area contributed by atoms with Crippen LogP contribution in [0.4, 0.5) is 0 Å². The van der Waals surface area contributed by atoms with Crippen LogP contribution < -0.4 is 10.5 Å². The summed E-state index contributed by atoms with van der Waals surface area (Å²) < 4.78 is 10.5. The first-order valence-corrected chi connectivity index (χ1v) is 6.57. The first kappa shape index (κ1) is 14.5. The Morgan fingerprint density at radius 3 is 2.55 bits per heavy atom. The molecule has 2 rings (SSSR count). The third-order valence-corrected chi connectivity index (χ3v) is 3.29. The Morgan fingerprint density at radius 1 is 1.30 bits per heavy atom. The summed E-state index contributed by atoms with van der Waals surface area (Å²) in [5, 5.41) is 4.01. The molecule has 1 aromatic carbocycles. The van der Waals surface area contributed by atoms with E-state index in [1.54, 1.807) is 7.11 Å². The molecule has 2 aromatic rings. The van der Waals surface area contributed by atoms with Crippen molar-refractivity contribution in [2.75, 3.05) is 7.11 Å². The van der Waals surface area contributed by atoms with Gasteiger partial charge in [-0.15, -0.1) is 0 Å². The molecule has 1 heterocycles. The van der Waals surface area contributed by atoms with Crippen LogP contribution in [0.5, 0.6) is 5.75 Å². The number of nitrogens with zero attached hydrogens (tertiary/aromatic N) is 2. The topological polar surface area (TPSA) is 74.2 Å². The average Bonchev–Trinajstić information content (AvgIpc) is 2.86. The van der Waals surface area contributed by atoms with Crippen molar-refractivity contribution in [1.29, 1.82) is 0 Å². The molecular weight excluding hydrogens is 254 g/mol. The van der Waals surface area contributed by atoms with E-state index in [-0.39, 0.29) is 11.5 Å². The van der Waals surface area contributed by atoms with Crippen LogP contribution in [0, 0.1) is 12.3 Å². The van der Waals surface area contributed by atoms with Crippen molar-refractivity contribution in [2.45, 2.75) is 33.7 Å². The number of ether oxygens (including phenoxy) is 1. The first-order chi connectivity index (χ1) is 9.32. The summed E-state index contributed by atoms with van der Waals surface area (Å²) in [6.07, 6.45) is 0. The SMILES string of the molecule is COc1ccc(-c2noc([C@H](N)C(C)(C)C)n2)cc1C. The van der Waals surface area contributed by atoms with E-state index in [0.29, 0.717) is 11.7 Å². The molecule has 2 N–H and O–H groups in total. The van der Waals surface area contributed by atoms with Gasteiger partial charge in [0.1, 0.15) is 5.75 Å². The highest BCUT2D eigenvalue weighted by Crippen LogP contribution is 2.31. The molecule has 0 fully saturated rings. The number of methoxy groups -OCH3 is 1. The highest BCUT2D eigenvalue weighted by Gasteiger charge is 2.27. The van der Waals surface area contributed by atoms with Crippen molar-refractivity contribution in [3.8, 4) is 17.1 Å². The maximum absolute atomic E-state index is 6.12. The average molecular weight is 275 g/mol. The molecule has 1 atom stereocenters. The summed E-state index contributed by atoms with van der Waals surface area (Å²) in [4.78, 5) is 4.40.